The number of amides is 2. The molecule has 1 fully saturated rings. The smallest absolute Gasteiger partial charge is 0.410 e. The summed E-state index contributed by atoms with van der Waals surface area (Å²) in [6.45, 7) is 1.68. The minimum Gasteiger partial charge on any atom is -0.480 e. The summed E-state index contributed by atoms with van der Waals surface area (Å²) in [6.07, 6.45) is -0.626. The highest BCUT2D eigenvalue weighted by Crippen LogP contribution is 2.22. The van der Waals surface area contributed by atoms with Gasteiger partial charge in [-0.3, -0.25) is 9.69 Å². The summed E-state index contributed by atoms with van der Waals surface area (Å²) in [5, 5.41) is 9.16. The Labute approximate surface area is 144 Å². The number of likely N-dealkylation sites (N-methyl/N-ethyl adjacent to an activating group) is 1. The van der Waals surface area contributed by atoms with Crippen LogP contribution in [0, 0.1) is 0 Å². The van der Waals surface area contributed by atoms with Crippen LogP contribution < -0.4 is 0 Å². The molecular weight excluding hydrogens is 332 g/mol. The van der Waals surface area contributed by atoms with Gasteiger partial charge < -0.3 is 14.7 Å². The molecule has 1 aromatic rings. The Morgan fingerprint density at radius 3 is 2.67 bits per heavy atom. The fourth-order valence-corrected chi connectivity index (χ4v) is 3.40. The van der Waals surface area contributed by atoms with Crippen molar-refractivity contribution in [3.63, 3.8) is 0 Å². The number of thioether (sulfide) groups is 1. The third-order valence-corrected chi connectivity index (χ3v) is 4.89. The van der Waals surface area contributed by atoms with Crippen molar-refractivity contribution in [2.45, 2.75) is 25.6 Å². The lowest BCUT2D eigenvalue weighted by Gasteiger charge is -2.29. The predicted molar refractivity (Wildman–Crippen MR) is 89.4 cm³/mol. The van der Waals surface area contributed by atoms with Gasteiger partial charge in [-0.15, -0.1) is 11.8 Å². The van der Waals surface area contributed by atoms with E-state index in [9.17, 15) is 14.4 Å². The van der Waals surface area contributed by atoms with Crippen LogP contribution in [0.2, 0.25) is 0 Å². The van der Waals surface area contributed by atoms with Crippen molar-refractivity contribution < 1.29 is 24.2 Å². The maximum absolute atomic E-state index is 12.5. The van der Waals surface area contributed by atoms with E-state index >= 15 is 0 Å². The third-order valence-electron chi connectivity index (χ3n) is 3.88. The third kappa shape index (κ3) is 4.19. The zero-order chi connectivity index (χ0) is 17.7. The molecule has 2 atom stereocenters. The largest absolute Gasteiger partial charge is 0.480 e. The second-order valence-electron chi connectivity index (χ2n) is 5.49. The van der Waals surface area contributed by atoms with Crippen LogP contribution >= 0.6 is 11.8 Å². The number of carbonyl (C=O) groups is 3. The van der Waals surface area contributed by atoms with Gasteiger partial charge in [-0.2, -0.15) is 0 Å². The summed E-state index contributed by atoms with van der Waals surface area (Å²) in [5.41, 5.74) is 0.847. The van der Waals surface area contributed by atoms with Crippen molar-refractivity contribution in [2.24, 2.45) is 0 Å². The number of ether oxygens (including phenoxy) is 1. The van der Waals surface area contributed by atoms with Gasteiger partial charge in [0.05, 0.1) is 5.88 Å². The number of carboxylic acids is 1. The second kappa shape index (κ2) is 8.05. The van der Waals surface area contributed by atoms with E-state index in [2.05, 4.69) is 0 Å². The van der Waals surface area contributed by atoms with Gasteiger partial charge in [-0.05, 0) is 12.5 Å². The maximum atomic E-state index is 12.5. The first kappa shape index (κ1) is 18.1. The van der Waals surface area contributed by atoms with Gasteiger partial charge in [0.1, 0.15) is 18.7 Å². The highest BCUT2D eigenvalue weighted by Gasteiger charge is 2.38. The Kier molecular flexibility index (Phi) is 6.08. The Balaban J connectivity index is 1.92. The summed E-state index contributed by atoms with van der Waals surface area (Å²) in [7, 11) is 1.47. The Morgan fingerprint density at radius 2 is 2.04 bits per heavy atom. The predicted octanol–water partition coefficient (Wildman–Crippen LogP) is 1.63. The van der Waals surface area contributed by atoms with Gasteiger partial charge in [-0.1, -0.05) is 30.3 Å². The molecule has 0 unspecified atom stereocenters. The van der Waals surface area contributed by atoms with E-state index < -0.39 is 30.1 Å². The van der Waals surface area contributed by atoms with Crippen molar-refractivity contribution in [3.8, 4) is 0 Å². The van der Waals surface area contributed by atoms with E-state index in [1.54, 1.807) is 6.92 Å². The molecule has 1 aliphatic heterocycles. The fraction of sp³-hybridized carbons (Fsp3) is 0.438. The van der Waals surface area contributed by atoms with Crippen LogP contribution in [0.1, 0.15) is 12.5 Å². The lowest BCUT2D eigenvalue weighted by atomic mass is 10.2. The minimum absolute atomic E-state index is 0.113. The normalized spacial score (nSPS) is 18.1. The van der Waals surface area contributed by atoms with E-state index in [0.29, 0.717) is 11.6 Å². The molecule has 1 N–H and O–H groups in total. The van der Waals surface area contributed by atoms with E-state index in [4.69, 9.17) is 9.84 Å². The van der Waals surface area contributed by atoms with E-state index in [0.717, 1.165) is 5.56 Å². The van der Waals surface area contributed by atoms with Crippen LogP contribution in [0.25, 0.3) is 0 Å². The van der Waals surface area contributed by atoms with Gasteiger partial charge in [-0.25, -0.2) is 9.59 Å². The summed E-state index contributed by atoms with van der Waals surface area (Å²) in [4.78, 5) is 38.3. The molecule has 0 aliphatic carbocycles. The topological polar surface area (TPSA) is 87.2 Å². The van der Waals surface area contributed by atoms with Crippen molar-refractivity contribution in [1.29, 1.82) is 0 Å². The van der Waals surface area contributed by atoms with Crippen LogP contribution in [-0.4, -0.2) is 63.6 Å². The Hall–Kier alpha value is -2.22. The lowest BCUT2D eigenvalue weighted by Crippen LogP contribution is -2.51. The lowest BCUT2D eigenvalue weighted by molar-refractivity contribution is -0.149. The van der Waals surface area contributed by atoms with Crippen molar-refractivity contribution >= 4 is 29.7 Å². The first-order valence-corrected chi connectivity index (χ1v) is 8.62. The standard InChI is InChI=1S/C16H20N2O5S/c1-11(14(19)18-10-24-9-13(18)15(20)21)17(2)16(22)23-8-12-6-4-3-5-7-12/h3-7,11,13H,8-10H2,1-2H3,(H,20,21)/t11-,13-/m0/s1. The minimum atomic E-state index is -1.03. The number of carbonyl (C=O) groups excluding carboxylic acids is 2. The molecule has 1 aliphatic rings. The highest BCUT2D eigenvalue weighted by atomic mass is 32.2. The number of nitrogens with zero attached hydrogens (tertiary/aromatic N) is 2. The summed E-state index contributed by atoms with van der Waals surface area (Å²) < 4.78 is 5.19. The molecular formula is C16H20N2O5S. The Morgan fingerprint density at radius 1 is 1.38 bits per heavy atom. The van der Waals surface area contributed by atoms with Crippen molar-refractivity contribution in [1.82, 2.24) is 9.80 Å². The van der Waals surface area contributed by atoms with Gasteiger partial charge in [0, 0.05) is 12.8 Å². The molecule has 1 heterocycles. The number of hydrogen-bond donors (Lipinski definition) is 1. The summed E-state index contributed by atoms with van der Waals surface area (Å²) >= 11 is 1.38. The van der Waals surface area contributed by atoms with Gasteiger partial charge in [0.2, 0.25) is 5.91 Å². The summed E-state index contributed by atoms with van der Waals surface area (Å²) in [5.74, 6) is -0.760. The van der Waals surface area contributed by atoms with Gasteiger partial charge in [0.25, 0.3) is 0 Å². The molecule has 0 saturated carbocycles. The fourth-order valence-electron chi connectivity index (χ4n) is 2.25. The van der Waals surface area contributed by atoms with Crippen LogP contribution in [0.4, 0.5) is 4.79 Å². The quantitative estimate of drug-likeness (QED) is 0.867. The Bertz CT molecular complexity index is 610. The molecule has 1 saturated heterocycles. The molecule has 2 amide bonds. The van der Waals surface area contributed by atoms with Gasteiger partial charge >= 0.3 is 12.1 Å². The second-order valence-corrected chi connectivity index (χ2v) is 6.49. The van der Waals surface area contributed by atoms with E-state index in [1.165, 1.54) is 28.6 Å². The molecule has 8 heteroatoms. The SMILES string of the molecule is C[C@@H](C(=O)N1CSC[C@H]1C(=O)O)N(C)C(=O)OCc1ccccc1. The number of hydrogen-bond acceptors (Lipinski definition) is 5. The zero-order valence-corrected chi connectivity index (χ0v) is 14.4. The van der Waals surface area contributed by atoms with Gasteiger partial charge in [0.15, 0.2) is 0 Å². The molecule has 1 aromatic carbocycles. The highest BCUT2D eigenvalue weighted by molar-refractivity contribution is 7.99. The van der Waals surface area contributed by atoms with E-state index in [1.807, 2.05) is 30.3 Å². The maximum Gasteiger partial charge on any atom is 0.410 e. The van der Waals surface area contributed by atoms with Crippen LogP contribution in [0.3, 0.4) is 0 Å². The molecule has 0 bridgehead atoms. The number of aliphatic carboxylic acids is 1. The first-order chi connectivity index (χ1) is 11.4. The zero-order valence-electron chi connectivity index (χ0n) is 13.5. The molecule has 130 valence electrons. The number of rotatable bonds is 5. The van der Waals surface area contributed by atoms with E-state index in [-0.39, 0.29) is 6.61 Å². The molecule has 0 radical (unpaired) electrons. The monoisotopic (exact) mass is 352 g/mol. The molecule has 7 nitrogen and oxygen atoms in total. The molecule has 0 aromatic heterocycles. The van der Waals surface area contributed by atoms with Crippen LogP contribution in [0.5, 0.6) is 0 Å². The first-order valence-electron chi connectivity index (χ1n) is 7.46. The van der Waals surface area contributed by atoms with Crippen molar-refractivity contribution in [2.75, 3.05) is 18.7 Å². The molecule has 24 heavy (non-hydrogen) atoms. The number of carboxylic acid groups (broad SMARTS) is 1. The van der Waals surface area contributed by atoms with Crippen molar-refractivity contribution in [3.05, 3.63) is 35.9 Å². The average Bonchev–Trinajstić information content (AvgIpc) is 3.08. The van der Waals surface area contributed by atoms with Crippen LogP contribution in [-0.2, 0) is 20.9 Å². The molecule has 2 rings (SSSR count). The summed E-state index contributed by atoms with van der Waals surface area (Å²) in [6, 6.07) is 7.58. The average molecular weight is 352 g/mol. The number of benzene rings is 1. The molecule has 0 spiro atoms. The van der Waals surface area contributed by atoms with Crippen LogP contribution in [0.15, 0.2) is 30.3 Å².